The van der Waals surface area contributed by atoms with Crippen LogP contribution in [-0.2, 0) is 36.7 Å². The number of aromatic nitrogens is 7. The summed E-state index contributed by atoms with van der Waals surface area (Å²) in [5, 5.41) is -1.03. The van der Waals surface area contributed by atoms with Crippen molar-refractivity contribution in [3.63, 3.8) is 0 Å². The molecule has 29 nitrogen and oxygen atoms in total. The maximum absolute atomic E-state index is 14.6. The normalized spacial score (nSPS) is 16.8. The number of hydrogen-bond donors (Lipinski definition) is 5. The van der Waals surface area contributed by atoms with E-state index in [1.54, 1.807) is 67.0 Å². The molecule has 1 unspecified atom stereocenters. The van der Waals surface area contributed by atoms with E-state index in [0.717, 1.165) is 55.3 Å². The van der Waals surface area contributed by atoms with E-state index in [9.17, 15) is 44.0 Å². The van der Waals surface area contributed by atoms with Crippen LogP contribution in [0.5, 0.6) is 29.0 Å². The van der Waals surface area contributed by atoms with Gasteiger partial charge >= 0.3 is 0 Å². The van der Waals surface area contributed by atoms with E-state index in [4.69, 9.17) is 45.1 Å². The molecule has 4 aliphatic heterocycles. The lowest BCUT2D eigenvalue weighted by molar-refractivity contribution is 0.0972. The summed E-state index contributed by atoms with van der Waals surface area (Å²) in [7, 11) is -12.8. The molecule has 610 valence electrons. The van der Waals surface area contributed by atoms with E-state index in [0.29, 0.717) is 95.6 Å². The summed E-state index contributed by atoms with van der Waals surface area (Å²) in [4.78, 5) is 76.4. The van der Waals surface area contributed by atoms with Crippen molar-refractivity contribution in [1.82, 2.24) is 49.1 Å². The quantitative estimate of drug-likeness (QED) is 0.0421. The van der Waals surface area contributed by atoms with Crippen molar-refractivity contribution in [3.05, 3.63) is 179 Å². The van der Waals surface area contributed by atoms with Gasteiger partial charge in [0.15, 0.2) is 26.6 Å². The number of ether oxygens (including phenoxy) is 5. The summed E-state index contributed by atoms with van der Waals surface area (Å²) in [6.45, 7) is 30.2. The second-order valence-corrected chi connectivity index (χ2v) is 36.7. The van der Waals surface area contributed by atoms with Crippen LogP contribution in [-0.4, -0.2) is 135 Å². The van der Waals surface area contributed by atoms with E-state index in [2.05, 4.69) is 104 Å². The molecule has 33 heteroatoms. The number of nitrogens with two attached hydrogens (primary N) is 2. The first-order chi connectivity index (χ1) is 54.2. The van der Waals surface area contributed by atoms with Crippen molar-refractivity contribution in [3.8, 4) is 51.5 Å². The third-order valence-electron chi connectivity index (χ3n) is 19.5. The molecule has 3 fully saturated rings. The summed E-state index contributed by atoms with van der Waals surface area (Å²) in [5.74, 6) is 1.71. The molecule has 3 amide bonds. The number of aryl methyl sites for hydroxylation is 1. The fourth-order valence-corrected chi connectivity index (χ4v) is 16.9. The molecule has 7 aromatic heterocycles. The lowest BCUT2D eigenvalue weighted by Crippen LogP contribution is -2.41. The van der Waals surface area contributed by atoms with Crippen LogP contribution in [0.2, 0.25) is 0 Å². The van der Waals surface area contributed by atoms with Crippen LogP contribution >= 0.6 is 0 Å². The van der Waals surface area contributed by atoms with Crippen LogP contribution in [0.1, 0.15) is 157 Å². The Morgan fingerprint density at radius 1 is 0.583 bits per heavy atom. The zero-order valence-corrected chi connectivity index (χ0v) is 69.0. The Hall–Kier alpha value is -11.3. The third-order valence-corrected chi connectivity index (χ3v) is 23.2. The monoisotopic (exact) mass is 1630 g/mol. The smallest absolute Gasteiger partial charge is 0.281 e. The first-order valence-electron chi connectivity index (χ1n) is 37.7. The molecule has 13 rings (SSSR count). The molecular formula is C82H98FN15O14S3. The minimum absolute atomic E-state index is 0.00670. The van der Waals surface area contributed by atoms with Gasteiger partial charge in [0.25, 0.3) is 47.8 Å². The molecule has 4 aliphatic rings. The van der Waals surface area contributed by atoms with Crippen molar-refractivity contribution in [2.75, 3.05) is 65.7 Å². The van der Waals surface area contributed by atoms with Crippen molar-refractivity contribution >= 4 is 76.9 Å². The van der Waals surface area contributed by atoms with Gasteiger partial charge in [-0.05, 0) is 206 Å². The number of benzene rings is 2. The molecule has 3 saturated heterocycles. The van der Waals surface area contributed by atoms with Crippen molar-refractivity contribution in [1.29, 1.82) is 0 Å². The fourth-order valence-electron chi connectivity index (χ4n) is 14.1. The van der Waals surface area contributed by atoms with E-state index >= 15 is 0 Å². The Balaban J connectivity index is 0.000000170. The Morgan fingerprint density at radius 2 is 1.13 bits per heavy atom. The molecule has 11 heterocycles. The van der Waals surface area contributed by atoms with Gasteiger partial charge in [-0.2, -0.15) is 30.2 Å². The van der Waals surface area contributed by atoms with Gasteiger partial charge in [0.1, 0.15) is 47.3 Å². The number of carbonyl (C=O) groups excluding carboxylic acids is 3. The predicted molar refractivity (Wildman–Crippen MR) is 435 cm³/mol. The number of anilines is 5. The second-order valence-electron chi connectivity index (χ2n) is 31.8. The largest absolute Gasteiger partial charge is 0.493 e. The lowest BCUT2D eigenvalue weighted by atomic mass is 9.85. The zero-order chi connectivity index (χ0) is 83.1. The van der Waals surface area contributed by atoms with Crippen LogP contribution in [0.4, 0.5) is 33.5 Å². The molecule has 7 N–H and O–H groups in total. The Bertz CT molecular complexity index is 5470. The van der Waals surface area contributed by atoms with E-state index in [1.165, 1.54) is 66.7 Å². The average Bonchev–Trinajstić information content (AvgIpc) is 1.75. The molecule has 0 radical (unpaired) electrons. The SMILES string of the molecule is CC(C)COc1cc(F)cc(-c2ccc(C(=O)NS(=O)(=O)c3cccc(N)n3)c(N3CCCC(C)(C)CC3)n2)c1.CC1CN(c2ncccc2C(=O)NS(=O)(=O)c2cccc(OCc3ccc4c(c3)OCO4)n2)C(C)(C)C1.Cc1cc(-c2ccc(C(=O)NS(=O)(=O)c3cccc(N)n3)c(N3C[C@@H](C)CC3(C)C)n2)cnc1OC(C)C. The van der Waals surface area contributed by atoms with E-state index in [-0.39, 0.29) is 91.2 Å². The zero-order valence-electron chi connectivity index (χ0n) is 66.6. The number of sulfonamides is 3. The molecule has 2 atom stereocenters. The van der Waals surface area contributed by atoms with Gasteiger partial charge in [-0.1, -0.05) is 65.8 Å². The Morgan fingerprint density at radius 3 is 1.70 bits per heavy atom. The Labute approximate surface area is 670 Å². The van der Waals surface area contributed by atoms with Gasteiger partial charge in [-0.3, -0.25) is 14.4 Å². The molecule has 0 aliphatic carbocycles. The van der Waals surface area contributed by atoms with Gasteiger partial charge in [0, 0.05) is 78.5 Å². The van der Waals surface area contributed by atoms with Crippen LogP contribution in [0.15, 0.2) is 161 Å². The summed E-state index contributed by atoms with van der Waals surface area (Å²) in [6.07, 6.45) is 7.84. The predicted octanol–water partition coefficient (Wildman–Crippen LogP) is 12.5. The highest BCUT2D eigenvalue weighted by Crippen LogP contribution is 2.41. The third kappa shape index (κ3) is 21.2. The number of pyridine rings is 7. The molecule has 9 aromatic rings. The highest BCUT2D eigenvalue weighted by Gasteiger charge is 2.42. The lowest BCUT2D eigenvalue weighted by Gasteiger charge is -2.34. The van der Waals surface area contributed by atoms with Crippen LogP contribution < -0.4 is 64.0 Å². The molecule has 115 heavy (non-hydrogen) atoms. The Kier molecular flexibility index (Phi) is 25.6. The highest BCUT2D eigenvalue weighted by atomic mass is 32.2. The topological polar surface area (TPSA) is 388 Å². The summed E-state index contributed by atoms with van der Waals surface area (Å²) < 4.78 is 127. The van der Waals surface area contributed by atoms with Gasteiger partial charge in [0.2, 0.25) is 18.6 Å². The number of carbonyl (C=O) groups is 3. The fraction of sp³-hybridized carbons (Fsp3) is 0.390. The summed E-state index contributed by atoms with van der Waals surface area (Å²) in [5.41, 5.74) is 15.3. The van der Waals surface area contributed by atoms with E-state index in [1.807, 2.05) is 51.7 Å². The average molecular weight is 1630 g/mol. The standard InChI is InChI=1S/C29H36FN5O4S.C27H34N6O4S.C26H28N4O6S/c1-19(2)18-39-22-16-20(15-21(30)17-22)24-10-9-23(27(32-24)35-13-6-11-29(3,4)12-14-35)28(36)34-40(37,38)26-8-5-7-25(31)33-26;1-16(2)37-26-18(4)12-19(14-29-26)21-11-10-20(24(30-21)33-15-17(3)13-27(33,5)6)25(34)32-38(35,36)23-9-7-8-22(28)31-23;1-17-13-26(2,3)30(14-17)24-19(6-5-11-27-24)25(31)29-37(32,33)23-8-4-7-22(28-23)34-15-18-9-10-20-21(12-18)36-16-35-20/h5,7-10,15-17,19H,6,11-14,18H2,1-4H3,(H2,31,33)(H,34,36);7-12,14,16-17H,13,15H2,1-6H3,(H2,28,31)(H,32,34);4-12,17H,13-16H2,1-3H3,(H,29,31)/t;17-;/m.0./s1. The number of rotatable bonds is 22. The number of nitrogens with zero attached hydrogens (tertiary/aromatic N) is 10. The molecular weight excluding hydrogens is 1530 g/mol. The maximum atomic E-state index is 14.6. The van der Waals surface area contributed by atoms with Gasteiger partial charge in [-0.25, -0.2) is 48.5 Å². The first kappa shape index (κ1) is 84.6. The minimum atomic E-state index is -4.29. The number of nitrogen functional groups attached to an aromatic ring is 2. The van der Waals surface area contributed by atoms with Crippen molar-refractivity contribution in [2.45, 2.75) is 161 Å². The number of amides is 3. The summed E-state index contributed by atoms with van der Waals surface area (Å²) >= 11 is 0. The molecule has 2 aromatic carbocycles. The second kappa shape index (κ2) is 34.8. The first-order valence-corrected chi connectivity index (χ1v) is 42.2. The highest BCUT2D eigenvalue weighted by molar-refractivity contribution is 7.90. The summed E-state index contributed by atoms with van der Waals surface area (Å²) in [6, 6.07) is 34.0. The number of hydrogen-bond acceptors (Lipinski definition) is 26. The van der Waals surface area contributed by atoms with Crippen molar-refractivity contribution in [2.24, 2.45) is 23.2 Å². The molecule has 0 spiro atoms. The van der Waals surface area contributed by atoms with Crippen LogP contribution in [0.3, 0.4) is 0 Å². The van der Waals surface area contributed by atoms with Gasteiger partial charge in [-0.15, -0.1) is 0 Å². The maximum Gasteiger partial charge on any atom is 0.281 e. The van der Waals surface area contributed by atoms with Crippen LogP contribution in [0, 0.1) is 35.9 Å². The van der Waals surface area contributed by atoms with Gasteiger partial charge in [0.05, 0.1) is 40.8 Å². The number of halogens is 1. The van der Waals surface area contributed by atoms with E-state index < -0.39 is 53.6 Å². The van der Waals surface area contributed by atoms with Gasteiger partial charge < -0.3 is 49.9 Å². The molecule has 0 saturated carbocycles. The number of fused-ring (bicyclic) bond motifs is 1. The van der Waals surface area contributed by atoms with Crippen molar-refractivity contribution < 1.29 is 67.7 Å². The minimum Gasteiger partial charge on any atom is -0.493 e. The molecule has 0 bridgehead atoms. The number of nitrogens with one attached hydrogen (secondary N) is 3. The van der Waals surface area contributed by atoms with Crippen LogP contribution in [0.25, 0.3) is 22.5 Å².